The molecule has 4 fully saturated rings. The van der Waals surface area contributed by atoms with Gasteiger partial charge in [0, 0.05) is 5.41 Å². The zero-order valence-electron chi connectivity index (χ0n) is 15.0. The number of hydrogen-bond acceptors (Lipinski definition) is 3. The number of epoxide rings is 1. The van der Waals surface area contributed by atoms with E-state index in [2.05, 4.69) is 20.4 Å². The summed E-state index contributed by atoms with van der Waals surface area (Å²) in [6.45, 7) is 13.1. The van der Waals surface area contributed by atoms with Crippen molar-refractivity contribution in [2.45, 2.75) is 77.3 Å². The van der Waals surface area contributed by atoms with Crippen molar-refractivity contribution in [3.63, 3.8) is 0 Å². The second-order valence-corrected chi connectivity index (χ2v) is 9.56. The van der Waals surface area contributed by atoms with Gasteiger partial charge >= 0.3 is 0 Å². The van der Waals surface area contributed by atoms with E-state index >= 15 is 0 Å². The lowest BCUT2D eigenvalue weighted by molar-refractivity contribution is -0.143. The quantitative estimate of drug-likeness (QED) is 0.618. The lowest BCUT2D eigenvalue weighted by Crippen LogP contribution is -2.57. The average Bonchev–Trinajstić information content (AvgIpc) is 2.87. The van der Waals surface area contributed by atoms with E-state index in [1.807, 2.05) is 13.8 Å². The number of fused-ring (bicyclic) bond motifs is 4. The molecular weight excluding hydrogens is 288 g/mol. The average molecular weight is 320 g/mol. The second-order valence-electron chi connectivity index (χ2n) is 9.56. The summed E-state index contributed by atoms with van der Waals surface area (Å²) in [4.78, 5) is 0. The van der Waals surface area contributed by atoms with Gasteiger partial charge in [-0.3, -0.25) is 0 Å². The van der Waals surface area contributed by atoms with E-state index in [1.165, 1.54) is 12.8 Å². The number of hydrogen-bond donors (Lipinski definition) is 2. The number of rotatable bonds is 4. The van der Waals surface area contributed by atoms with Crippen molar-refractivity contribution in [1.82, 2.24) is 0 Å². The maximum atomic E-state index is 10.7. The van der Waals surface area contributed by atoms with Crippen molar-refractivity contribution in [2.24, 2.45) is 35.0 Å². The van der Waals surface area contributed by atoms with Gasteiger partial charge in [-0.2, -0.15) is 0 Å². The highest BCUT2D eigenvalue weighted by molar-refractivity contribution is 5.24. The highest BCUT2D eigenvalue weighted by Gasteiger charge is 2.70. The maximum Gasteiger partial charge on any atom is 0.113 e. The summed E-state index contributed by atoms with van der Waals surface area (Å²) in [5, 5.41) is 21.2. The molecule has 3 nitrogen and oxygen atoms in total. The van der Waals surface area contributed by atoms with Crippen molar-refractivity contribution in [3.05, 3.63) is 12.2 Å². The van der Waals surface area contributed by atoms with Gasteiger partial charge in [-0.25, -0.2) is 0 Å². The van der Waals surface area contributed by atoms with E-state index in [1.54, 1.807) is 0 Å². The molecule has 130 valence electrons. The smallest absolute Gasteiger partial charge is 0.113 e. The summed E-state index contributed by atoms with van der Waals surface area (Å²) < 4.78 is 5.58. The van der Waals surface area contributed by atoms with Crippen LogP contribution in [-0.4, -0.2) is 34.1 Å². The highest BCUT2D eigenvalue weighted by Crippen LogP contribution is 2.73. The minimum Gasteiger partial charge on any atom is -0.393 e. The monoisotopic (exact) mass is 320 g/mol. The van der Waals surface area contributed by atoms with Crippen molar-refractivity contribution in [2.75, 3.05) is 0 Å². The van der Waals surface area contributed by atoms with Crippen molar-refractivity contribution >= 4 is 0 Å². The van der Waals surface area contributed by atoms with Crippen LogP contribution in [0.3, 0.4) is 0 Å². The molecule has 4 aliphatic rings. The summed E-state index contributed by atoms with van der Waals surface area (Å²) in [6.07, 6.45) is 3.31. The third kappa shape index (κ3) is 2.06. The summed E-state index contributed by atoms with van der Waals surface area (Å²) >= 11 is 0. The minimum atomic E-state index is -0.460. The molecule has 0 aromatic carbocycles. The molecule has 3 saturated carbocycles. The Bertz CT molecular complexity index is 527. The molecule has 2 N–H and O–H groups in total. The van der Waals surface area contributed by atoms with Crippen molar-refractivity contribution in [1.29, 1.82) is 0 Å². The van der Waals surface area contributed by atoms with E-state index in [0.29, 0.717) is 24.2 Å². The predicted octanol–water partition coefficient (Wildman–Crippen LogP) is 3.15. The summed E-state index contributed by atoms with van der Waals surface area (Å²) in [5.41, 5.74) is 1.03. The van der Waals surface area contributed by atoms with Crippen LogP contribution < -0.4 is 0 Å². The molecule has 1 heterocycles. The fraction of sp³-hybridized carbons (Fsp3) is 0.900. The zero-order chi connectivity index (χ0) is 16.7. The fourth-order valence-corrected chi connectivity index (χ4v) is 6.69. The molecule has 0 aromatic heterocycles. The third-order valence-corrected chi connectivity index (χ3v) is 8.02. The Balaban J connectivity index is 1.48. The van der Waals surface area contributed by atoms with Gasteiger partial charge < -0.3 is 14.9 Å². The van der Waals surface area contributed by atoms with Crippen LogP contribution in [-0.2, 0) is 4.74 Å². The van der Waals surface area contributed by atoms with E-state index in [-0.39, 0.29) is 23.2 Å². The van der Waals surface area contributed by atoms with Crippen LogP contribution in [0.2, 0.25) is 0 Å². The Hall–Kier alpha value is -0.380. The van der Waals surface area contributed by atoms with E-state index in [9.17, 15) is 10.2 Å². The largest absolute Gasteiger partial charge is 0.393 e. The van der Waals surface area contributed by atoms with Crippen LogP contribution in [0.25, 0.3) is 0 Å². The normalized spacial score (nSPS) is 54.1. The molecule has 3 heteroatoms. The molecule has 4 rings (SSSR count). The molecule has 0 spiro atoms. The lowest BCUT2D eigenvalue weighted by atomic mass is 9.46. The maximum absolute atomic E-state index is 10.7. The van der Waals surface area contributed by atoms with Gasteiger partial charge in [0.05, 0.1) is 17.8 Å². The van der Waals surface area contributed by atoms with Gasteiger partial charge in [-0.05, 0) is 62.7 Å². The Labute approximate surface area is 140 Å². The summed E-state index contributed by atoms with van der Waals surface area (Å²) in [7, 11) is 0. The predicted molar refractivity (Wildman–Crippen MR) is 89.8 cm³/mol. The second kappa shape index (κ2) is 4.83. The third-order valence-electron chi connectivity index (χ3n) is 8.02. The first-order valence-electron chi connectivity index (χ1n) is 9.39. The van der Waals surface area contributed by atoms with E-state index in [4.69, 9.17) is 4.74 Å². The van der Waals surface area contributed by atoms with Crippen LogP contribution >= 0.6 is 0 Å². The number of aliphatic hydroxyl groups excluding tert-OH is 2. The van der Waals surface area contributed by atoms with Crippen LogP contribution in [0.4, 0.5) is 0 Å². The molecule has 0 amide bonds. The molecule has 0 bridgehead atoms. The van der Waals surface area contributed by atoms with Gasteiger partial charge in [0.15, 0.2) is 0 Å². The number of ether oxygens (including phenoxy) is 1. The zero-order valence-corrected chi connectivity index (χ0v) is 15.0. The van der Waals surface area contributed by atoms with E-state index in [0.717, 1.165) is 23.8 Å². The first-order chi connectivity index (χ1) is 10.7. The lowest BCUT2D eigenvalue weighted by Gasteiger charge is -2.58. The standard InChI is InChI=1S/C20H32O3/c1-10-6-7-13-16(10)17-12(9-15(22)20(13,17)5)11(2)8-14(21)18-19(3,4)23-18/h10,12-18,21-22H,2,6-9H2,1,3-5H3/t10-,12?,13+,14?,15?,16-,17+,18?,20+/m1/s1. The van der Waals surface area contributed by atoms with Crippen LogP contribution in [0, 0.1) is 35.0 Å². The Morgan fingerprint density at radius 2 is 1.96 bits per heavy atom. The molecule has 1 saturated heterocycles. The van der Waals surface area contributed by atoms with Gasteiger partial charge in [0.1, 0.15) is 6.10 Å². The molecule has 1 aliphatic heterocycles. The Morgan fingerprint density at radius 3 is 2.57 bits per heavy atom. The van der Waals surface area contributed by atoms with Crippen LogP contribution in [0.1, 0.15) is 53.4 Å². The van der Waals surface area contributed by atoms with Crippen LogP contribution in [0.15, 0.2) is 12.2 Å². The highest BCUT2D eigenvalue weighted by atomic mass is 16.6. The van der Waals surface area contributed by atoms with E-state index < -0.39 is 6.10 Å². The minimum absolute atomic E-state index is 0.0588. The number of aliphatic hydroxyl groups is 2. The van der Waals surface area contributed by atoms with Crippen LogP contribution in [0.5, 0.6) is 0 Å². The van der Waals surface area contributed by atoms with Gasteiger partial charge in [-0.15, -0.1) is 0 Å². The van der Waals surface area contributed by atoms with Gasteiger partial charge in [0.2, 0.25) is 0 Å². The Morgan fingerprint density at radius 1 is 1.30 bits per heavy atom. The molecule has 0 aromatic rings. The fourth-order valence-electron chi connectivity index (χ4n) is 6.69. The molecular formula is C20H32O3. The summed E-state index contributed by atoms with van der Waals surface area (Å²) in [6, 6.07) is 0. The molecule has 9 atom stereocenters. The SMILES string of the molecule is C=C(CC(O)C1OC1(C)C)C1CC(O)[C@]2(C)[C@H]3CC[C@@H](C)[C@H]3[C@H]12. The first kappa shape index (κ1) is 16.1. The van der Waals surface area contributed by atoms with Gasteiger partial charge in [0.25, 0.3) is 0 Å². The molecule has 0 radical (unpaired) electrons. The Kier molecular flexibility index (Phi) is 3.38. The molecule has 3 aliphatic carbocycles. The molecule has 23 heavy (non-hydrogen) atoms. The van der Waals surface area contributed by atoms with Crippen molar-refractivity contribution in [3.8, 4) is 0 Å². The topological polar surface area (TPSA) is 53.0 Å². The van der Waals surface area contributed by atoms with Gasteiger partial charge in [-0.1, -0.05) is 32.4 Å². The summed E-state index contributed by atoms with van der Waals surface area (Å²) in [5.74, 6) is 3.16. The first-order valence-corrected chi connectivity index (χ1v) is 9.39. The molecule has 4 unspecified atom stereocenters. The van der Waals surface area contributed by atoms with Crippen molar-refractivity contribution < 1.29 is 14.9 Å².